The van der Waals surface area contributed by atoms with E-state index in [2.05, 4.69) is 0 Å². The maximum Gasteiger partial charge on any atom is 0.340 e. The molecule has 5 nitrogen and oxygen atoms in total. The first kappa shape index (κ1) is 17.1. The standard InChI is InChI=1S/C22H19NO4/c1-3-23-12-18(17-6-4-5-7-19(17)23)22(25)26-13-15-11-21(24)27-20-10-14(2)8-9-16(15)20/h4-12H,3,13H2,1-2H3. The van der Waals surface area contributed by atoms with Crippen molar-refractivity contribution >= 4 is 27.8 Å². The lowest BCUT2D eigenvalue weighted by Gasteiger charge is -2.07. The summed E-state index contributed by atoms with van der Waals surface area (Å²) in [5, 5.41) is 1.63. The summed E-state index contributed by atoms with van der Waals surface area (Å²) in [4.78, 5) is 24.5. The van der Waals surface area contributed by atoms with Gasteiger partial charge in [0.1, 0.15) is 12.2 Å². The van der Waals surface area contributed by atoms with Crippen LogP contribution in [0.5, 0.6) is 0 Å². The van der Waals surface area contributed by atoms with Gasteiger partial charge in [0.25, 0.3) is 0 Å². The first-order valence-electron chi connectivity index (χ1n) is 8.85. The molecular weight excluding hydrogens is 342 g/mol. The summed E-state index contributed by atoms with van der Waals surface area (Å²) in [7, 11) is 0. The van der Waals surface area contributed by atoms with Crippen LogP contribution in [0, 0.1) is 6.92 Å². The van der Waals surface area contributed by atoms with Crippen molar-refractivity contribution in [3.63, 3.8) is 0 Å². The number of carbonyl (C=O) groups is 1. The fraction of sp³-hybridized carbons (Fsp3) is 0.182. The third-order valence-electron chi connectivity index (χ3n) is 4.69. The zero-order valence-corrected chi connectivity index (χ0v) is 15.2. The smallest absolute Gasteiger partial charge is 0.340 e. The monoisotopic (exact) mass is 361 g/mol. The molecular formula is C22H19NO4. The van der Waals surface area contributed by atoms with Gasteiger partial charge in [0.15, 0.2) is 0 Å². The molecule has 0 bridgehead atoms. The molecule has 0 aliphatic rings. The van der Waals surface area contributed by atoms with Gasteiger partial charge in [0.05, 0.1) is 5.56 Å². The maximum atomic E-state index is 12.7. The Hall–Kier alpha value is -3.34. The van der Waals surface area contributed by atoms with Crippen LogP contribution in [-0.2, 0) is 17.9 Å². The molecule has 0 aliphatic heterocycles. The predicted octanol–water partition coefficient (Wildman–Crippen LogP) is 4.43. The first-order valence-corrected chi connectivity index (χ1v) is 8.85. The van der Waals surface area contributed by atoms with Gasteiger partial charge in [0, 0.05) is 40.7 Å². The molecule has 2 aromatic carbocycles. The molecule has 0 unspecified atom stereocenters. The van der Waals surface area contributed by atoms with E-state index in [1.54, 1.807) is 6.07 Å². The van der Waals surface area contributed by atoms with Gasteiger partial charge >= 0.3 is 11.6 Å². The number of benzene rings is 2. The minimum absolute atomic E-state index is 0.00955. The van der Waals surface area contributed by atoms with Crippen LogP contribution < -0.4 is 5.63 Å². The molecule has 0 spiro atoms. The second kappa shape index (κ2) is 6.76. The number of carbonyl (C=O) groups excluding carboxylic acids is 1. The highest BCUT2D eigenvalue weighted by molar-refractivity contribution is 6.04. The summed E-state index contributed by atoms with van der Waals surface area (Å²) in [6, 6.07) is 14.7. The molecule has 0 saturated heterocycles. The molecule has 0 radical (unpaired) electrons. The molecule has 136 valence electrons. The van der Waals surface area contributed by atoms with Crippen LogP contribution in [0.1, 0.15) is 28.4 Å². The van der Waals surface area contributed by atoms with Gasteiger partial charge in [-0.15, -0.1) is 0 Å². The summed E-state index contributed by atoms with van der Waals surface area (Å²) in [6.07, 6.45) is 1.81. The first-order chi connectivity index (χ1) is 13.1. The van der Waals surface area contributed by atoms with Crippen molar-refractivity contribution in [3.8, 4) is 0 Å². The second-order valence-corrected chi connectivity index (χ2v) is 6.51. The zero-order chi connectivity index (χ0) is 19.0. The molecule has 0 atom stereocenters. The minimum atomic E-state index is -0.457. The topological polar surface area (TPSA) is 61.4 Å². The van der Waals surface area contributed by atoms with Crippen LogP contribution in [0.25, 0.3) is 21.9 Å². The van der Waals surface area contributed by atoms with E-state index in [1.165, 1.54) is 6.07 Å². The van der Waals surface area contributed by atoms with Gasteiger partial charge in [-0.2, -0.15) is 0 Å². The van der Waals surface area contributed by atoms with E-state index in [9.17, 15) is 9.59 Å². The van der Waals surface area contributed by atoms with Gasteiger partial charge in [-0.1, -0.05) is 30.3 Å². The molecule has 4 aromatic rings. The summed E-state index contributed by atoms with van der Waals surface area (Å²) >= 11 is 0. The van der Waals surface area contributed by atoms with Gasteiger partial charge in [-0.05, 0) is 31.5 Å². The van der Waals surface area contributed by atoms with Crippen LogP contribution in [0.15, 0.2) is 63.9 Å². The fourth-order valence-corrected chi connectivity index (χ4v) is 3.35. The highest BCUT2D eigenvalue weighted by Gasteiger charge is 2.16. The number of ether oxygens (including phenoxy) is 1. The summed E-state index contributed by atoms with van der Waals surface area (Å²) < 4.78 is 12.8. The molecule has 0 saturated carbocycles. The molecule has 2 aromatic heterocycles. The van der Waals surface area contributed by atoms with Crippen LogP contribution in [0.2, 0.25) is 0 Å². The number of fused-ring (bicyclic) bond motifs is 2. The van der Waals surface area contributed by atoms with E-state index in [0.29, 0.717) is 16.7 Å². The van der Waals surface area contributed by atoms with Crippen molar-refractivity contribution < 1.29 is 13.9 Å². The minimum Gasteiger partial charge on any atom is -0.457 e. The molecule has 0 fully saturated rings. The number of hydrogen-bond acceptors (Lipinski definition) is 4. The van der Waals surface area contributed by atoms with E-state index in [1.807, 2.05) is 61.0 Å². The highest BCUT2D eigenvalue weighted by atomic mass is 16.5. The third-order valence-corrected chi connectivity index (χ3v) is 4.69. The van der Waals surface area contributed by atoms with Crippen molar-refractivity contribution in [1.82, 2.24) is 4.57 Å². The normalized spacial score (nSPS) is 11.2. The van der Waals surface area contributed by atoms with Crippen LogP contribution in [0.4, 0.5) is 0 Å². The fourth-order valence-electron chi connectivity index (χ4n) is 3.35. The number of nitrogens with zero attached hydrogens (tertiary/aromatic N) is 1. The average Bonchev–Trinajstić information content (AvgIpc) is 3.04. The zero-order valence-electron chi connectivity index (χ0n) is 15.2. The SMILES string of the molecule is CCn1cc(C(=O)OCc2cc(=O)oc3cc(C)ccc23)c2ccccc21. The Morgan fingerprint density at radius 2 is 1.93 bits per heavy atom. The van der Waals surface area contributed by atoms with Gasteiger partial charge in [0.2, 0.25) is 0 Å². The van der Waals surface area contributed by atoms with Crippen molar-refractivity contribution in [2.45, 2.75) is 27.0 Å². The predicted molar refractivity (Wildman–Crippen MR) is 104 cm³/mol. The lowest BCUT2D eigenvalue weighted by atomic mass is 10.1. The highest BCUT2D eigenvalue weighted by Crippen LogP contribution is 2.23. The Morgan fingerprint density at radius 1 is 1.11 bits per heavy atom. The third kappa shape index (κ3) is 3.12. The van der Waals surface area contributed by atoms with Gasteiger partial charge < -0.3 is 13.7 Å². The number of hydrogen-bond donors (Lipinski definition) is 0. The van der Waals surface area contributed by atoms with E-state index in [4.69, 9.17) is 9.15 Å². The lowest BCUT2D eigenvalue weighted by molar-refractivity contribution is 0.0476. The van der Waals surface area contributed by atoms with Crippen LogP contribution in [0.3, 0.4) is 0 Å². The Balaban J connectivity index is 1.66. The van der Waals surface area contributed by atoms with Crippen LogP contribution >= 0.6 is 0 Å². The summed E-state index contributed by atoms with van der Waals surface area (Å²) in [5.74, 6) is -0.410. The van der Waals surface area contributed by atoms with E-state index in [-0.39, 0.29) is 6.61 Å². The quantitative estimate of drug-likeness (QED) is 0.398. The number of para-hydroxylation sites is 1. The average molecular weight is 361 g/mol. The molecule has 0 amide bonds. The number of rotatable bonds is 4. The van der Waals surface area contributed by atoms with Crippen molar-refractivity contribution in [3.05, 3.63) is 81.8 Å². The number of aryl methyl sites for hydroxylation is 2. The number of esters is 1. The van der Waals surface area contributed by atoms with E-state index >= 15 is 0 Å². The molecule has 0 aliphatic carbocycles. The molecule has 4 rings (SSSR count). The Morgan fingerprint density at radius 3 is 2.74 bits per heavy atom. The van der Waals surface area contributed by atoms with Gasteiger partial charge in [-0.3, -0.25) is 0 Å². The van der Waals surface area contributed by atoms with E-state index < -0.39 is 11.6 Å². The number of aromatic nitrogens is 1. The van der Waals surface area contributed by atoms with Crippen molar-refractivity contribution in [2.24, 2.45) is 0 Å². The largest absolute Gasteiger partial charge is 0.457 e. The lowest BCUT2D eigenvalue weighted by Crippen LogP contribution is -2.08. The Labute approximate surface area is 155 Å². The van der Waals surface area contributed by atoms with Crippen LogP contribution in [-0.4, -0.2) is 10.5 Å². The summed E-state index contributed by atoms with van der Waals surface area (Å²) in [6.45, 7) is 4.72. The second-order valence-electron chi connectivity index (χ2n) is 6.51. The molecule has 5 heteroatoms. The van der Waals surface area contributed by atoms with Gasteiger partial charge in [-0.25, -0.2) is 9.59 Å². The molecule has 27 heavy (non-hydrogen) atoms. The Bertz CT molecular complexity index is 1220. The maximum absolute atomic E-state index is 12.7. The van der Waals surface area contributed by atoms with Crippen molar-refractivity contribution in [1.29, 1.82) is 0 Å². The van der Waals surface area contributed by atoms with E-state index in [0.717, 1.165) is 28.4 Å². The van der Waals surface area contributed by atoms with Crippen molar-refractivity contribution in [2.75, 3.05) is 0 Å². The Kier molecular flexibility index (Phi) is 4.28. The molecule has 0 N–H and O–H groups in total. The summed E-state index contributed by atoms with van der Waals surface area (Å²) in [5.41, 5.74) is 3.18. The molecule has 2 heterocycles.